The minimum Gasteiger partial charge on any atom is -0.398 e. The van der Waals surface area contributed by atoms with Crippen LogP contribution in [0.1, 0.15) is 21.6 Å². The van der Waals surface area contributed by atoms with Crippen LogP contribution in [0.5, 0.6) is 0 Å². The Balaban J connectivity index is 1.48. The molecule has 1 aromatic heterocycles. The van der Waals surface area contributed by atoms with E-state index in [1.54, 1.807) is 30.1 Å². The van der Waals surface area contributed by atoms with Crippen molar-refractivity contribution in [3.8, 4) is 0 Å². The number of aromatic nitrogens is 3. The third kappa shape index (κ3) is 4.46. The van der Waals surface area contributed by atoms with E-state index < -0.39 is 11.9 Å². The Morgan fingerprint density at radius 3 is 2.81 bits per heavy atom. The molecule has 0 spiro atoms. The Morgan fingerprint density at radius 1 is 1.34 bits per heavy atom. The maximum atomic E-state index is 13.0. The first kappa shape index (κ1) is 21.8. The Hall–Kier alpha value is -3.37. The number of carbonyl (C=O) groups is 2. The van der Waals surface area contributed by atoms with Gasteiger partial charge in [0.15, 0.2) is 5.69 Å². The van der Waals surface area contributed by atoms with Gasteiger partial charge < -0.3 is 16.0 Å². The third-order valence-corrected chi connectivity index (χ3v) is 6.37. The molecule has 11 heteroatoms. The molecule has 2 heterocycles. The second-order valence-electron chi connectivity index (χ2n) is 7.24. The largest absolute Gasteiger partial charge is 0.398 e. The Labute approximate surface area is 193 Å². The van der Waals surface area contributed by atoms with Gasteiger partial charge >= 0.3 is 0 Å². The second kappa shape index (κ2) is 9.01. The Kier molecular flexibility index (Phi) is 6.15. The van der Waals surface area contributed by atoms with Crippen molar-refractivity contribution >= 4 is 51.7 Å². The van der Waals surface area contributed by atoms with E-state index >= 15 is 0 Å². The van der Waals surface area contributed by atoms with Crippen LogP contribution in [0.15, 0.2) is 53.6 Å². The number of thioether (sulfide) groups is 1. The summed E-state index contributed by atoms with van der Waals surface area (Å²) < 4.78 is 1.57. The zero-order valence-corrected chi connectivity index (χ0v) is 18.7. The molecular formula is C21H20ClN7O2S. The van der Waals surface area contributed by atoms with Crippen molar-refractivity contribution < 1.29 is 9.59 Å². The number of nitrogens with one attached hydrogen (secondary N) is 2. The molecule has 4 rings (SSSR count). The summed E-state index contributed by atoms with van der Waals surface area (Å²) in [7, 11) is 1.61. The second-order valence-corrected chi connectivity index (χ2v) is 8.68. The van der Waals surface area contributed by atoms with Crippen LogP contribution in [0.3, 0.4) is 0 Å². The molecule has 0 bridgehead atoms. The molecule has 32 heavy (non-hydrogen) atoms. The number of nitrogens with zero attached hydrogens (tertiary/aromatic N) is 4. The van der Waals surface area contributed by atoms with Crippen molar-refractivity contribution in [1.29, 1.82) is 5.41 Å². The predicted molar refractivity (Wildman–Crippen MR) is 124 cm³/mol. The molecule has 1 aliphatic rings. The van der Waals surface area contributed by atoms with E-state index in [0.717, 1.165) is 10.5 Å². The number of benzene rings is 2. The number of nitrogen functional groups attached to an aromatic ring is 1. The third-order valence-electron chi connectivity index (χ3n) is 5.03. The van der Waals surface area contributed by atoms with E-state index in [9.17, 15) is 9.59 Å². The average Bonchev–Trinajstić information content (AvgIpc) is 3.20. The van der Waals surface area contributed by atoms with Gasteiger partial charge in [-0.25, -0.2) is 4.68 Å². The standard InChI is InChI=1S/C21H20ClN7O2S/c1-28-17-7-13(19(22)24)14(23)8-18(17)32-11-16(21(28)31)25-20(30)15-10-29(27-26-15)9-12-5-3-2-4-6-12/h2-8,10,16,24H,9,11,23H2,1H3,(H,25,30)/t16-/m0/s1. The van der Waals surface area contributed by atoms with Crippen LogP contribution in [0.4, 0.5) is 11.4 Å². The molecule has 3 aromatic rings. The molecule has 164 valence electrons. The summed E-state index contributed by atoms with van der Waals surface area (Å²) in [5.41, 5.74) is 8.45. The lowest BCUT2D eigenvalue weighted by Gasteiger charge is -2.22. The molecule has 0 unspecified atom stereocenters. The normalized spacial score (nSPS) is 15.8. The minimum absolute atomic E-state index is 0.130. The summed E-state index contributed by atoms with van der Waals surface area (Å²) in [6, 6.07) is 12.2. The van der Waals surface area contributed by atoms with E-state index in [2.05, 4.69) is 15.6 Å². The van der Waals surface area contributed by atoms with Crippen molar-refractivity contribution in [1.82, 2.24) is 20.3 Å². The van der Waals surface area contributed by atoms with Crippen LogP contribution in [0.2, 0.25) is 0 Å². The van der Waals surface area contributed by atoms with Gasteiger partial charge in [-0.1, -0.05) is 47.1 Å². The van der Waals surface area contributed by atoms with E-state index in [4.69, 9.17) is 22.7 Å². The van der Waals surface area contributed by atoms with Gasteiger partial charge in [-0.15, -0.1) is 16.9 Å². The van der Waals surface area contributed by atoms with Crippen molar-refractivity contribution in [2.45, 2.75) is 17.5 Å². The van der Waals surface area contributed by atoms with Gasteiger partial charge in [0, 0.05) is 28.9 Å². The fraction of sp³-hybridized carbons (Fsp3) is 0.190. The quantitative estimate of drug-likeness (QED) is 0.388. The highest BCUT2D eigenvalue weighted by Gasteiger charge is 2.31. The molecule has 1 aliphatic heterocycles. The van der Waals surface area contributed by atoms with Crippen LogP contribution in [0.25, 0.3) is 0 Å². The molecule has 2 amide bonds. The maximum absolute atomic E-state index is 13.0. The highest BCUT2D eigenvalue weighted by atomic mass is 35.5. The molecule has 0 fully saturated rings. The number of rotatable bonds is 5. The zero-order valence-electron chi connectivity index (χ0n) is 17.1. The van der Waals surface area contributed by atoms with Crippen LogP contribution >= 0.6 is 23.4 Å². The summed E-state index contributed by atoms with van der Waals surface area (Å²) in [5, 5.41) is 18.2. The summed E-state index contributed by atoms with van der Waals surface area (Å²) in [4.78, 5) is 28.0. The minimum atomic E-state index is -0.774. The van der Waals surface area contributed by atoms with Crippen molar-refractivity contribution in [3.05, 3.63) is 65.5 Å². The summed E-state index contributed by atoms with van der Waals surface area (Å²) in [5.74, 6) is -0.458. The summed E-state index contributed by atoms with van der Waals surface area (Å²) >= 11 is 7.21. The van der Waals surface area contributed by atoms with Crippen LogP contribution in [0, 0.1) is 5.41 Å². The highest BCUT2D eigenvalue weighted by molar-refractivity contribution is 7.99. The SMILES string of the molecule is CN1C(=O)[C@@H](NC(=O)c2cn(Cc3ccccc3)nn2)CSc2cc(N)c(C(=N)Cl)cc21. The molecule has 0 saturated carbocycles. The molecule has 0 saturated heterocycles. The molecule has 4 N–H and O–H groups in total. The smallest absolute Gasteiger partial charge is 0.274 e. The Bertz CT molecular complexity index is 1200. The number of carbonyl (C=O) groups excluding carboxylic acids is 2. The highest BCUT2D eigenvalue weighted by Crippen LogP contribution is 2.37. The predicted octanol–water partition coefficient (Wildman–Crippen LogP) is 2.34. The van der Waals surface area contributed by atoms with Gasteiger partial charge in [-0.3, -0.25) is 15.0 Å². The van der Waals surface area contributed by atoms with Gasteiger partial charge in [0.1, 0.15) is 11.2 Å². The molecule has 2 aromatic carbocycles. The lowest BCUT2D eigenvalue weighted by Crippen LogP contribution is -2.48. The van der Waals surface area contributed by atoms with Crippen LogP contribution in [-0.2, 0) is 11.3 Å². The molecule has 0 aliphatic carbocycles. The van der Waals surface area contributed by atoms with Gasteiger partial charge in [0.05, 0.1) is 18.4 Å². The van der Waals surface area contributed by atoms with Crippen LogP contribution < -0.4 is 16.0 Å². The molecule has 0 radical (unpaired) electrons. The van der Waals surface area contributed by atoms with E-state index in [0.29, 0.717) is 29.2 Å². The first-order chi connectivity index (χ1) is 15.3. The monoisotopic (exact) mass is 469 g/mol. The number of hydrogen-bond acceptors (Lipinski definition) is 7. The van der Waals surface area contributed by atoms with Gasteiger partial charge in [0.25, 0.3) is 5.91 Å². The van der Waals surface area contributed by atoms with Gasteiger partial charge in [-0.05, 0) is 17.7 Å². The summed E-state index contributed by atoms with van der Waals surface area (Å²) in [6.45, 7) is 0.483. The number of fused-ring (bicyclic) bond motifs is 1. The first-order valence-corrected chi connectivity index (χ1v) is 11.0. The lowest BCUT2D eigenvalue weighted by molar-refractivity contribution is -0.119. The zero-order chi connectivity index (χ0) is 22.8. The van der Waals surface area contributed by atoms with Gasteiger partial charge in [0.2, 0.25) is 5.91 Å². The average molecular weight is 470 g/mol. The number of likely N-dealkylation sites (N-methyl/N-ethyl adjacent to an activating group) is 1. The number of hydrogen-bond donors (Lipinski definition) is 3. The molecular weight excluding hydrogens is 450 g/mol. The number of halogens is 1. The van der Waals surface area contributed by atoms with E-state index in [1.165, 1.54) is 16.7 Å². The van der Waals surface area contributed by atoms with E-state index in [-0.39, 0.29) is 16.8 Å². The topological polar surface area (TPSA) is 130 Å². The van der Waals surface area contributed by atoms with E-state index in [1.807, 2.05) is 30.3 Å². The first-order valence-electron chi connectivity index (χ1n) is 9.66. The van der Waals surface area contributed by atoms with Crippen LogP contribution in [-0.4, -0.2) is 50.8 Å². The number of amides is 2. The number of nitrogens with two attached hydrogens (primary N) is 1. The van der Waals surface area contributed by atoms with Crippen molar-refractivity contribution in [3.63, 3.8) is 0 Å². The lowest BCUT2D eigenvalue weighted by atomic mass is 10.1. The summed E-state index contributed by atoms with van der Waals surface area (Å²) in [6.07, 6.45) is 1.55. The van der Waals surface area contributed by atoms with Crippen molar-refractivity contribution in [2.24, 2.45) is 0 Å². The molecule has 1 atom stereocenters. The fourth-order valence-electron chi connectivity index (χ4n) is 3.33. The van der Waals surface area contributed by atoms with Gasteiger partial charge in [-0.2, -0.15) is 0 Å². The molecule has 9 nitrogen and oxygen atoms in total. The Morgan fingerprint density at radius 2 is 2.09 bits per heavy atom. The maximum Gasteiger partial charge on any atom is 0.274 e. The number of anilines is 2. The fourth-order valence-corrected chi connectivity index (χ4v) is 4.62. The van der Waals surface area contributed by atoms with Crippen molar-refractivity contribution in [2.75, 3.05) is 23.4 Å².